The molecule has 1 fully saturated rings. The summed E-state index contributed by atoms with van der Waals surface area (Å²) in [6.45, 7) is 4.96. The van der Waals surface area contributed by atoms with E-state index in [-0.39, 0.29) is 0 Å². The Labute approximate surface area is 96.2 Å². The lowest BCUT2D eigenvalue weighted by Crippen LogP contribution is -2.26. The number of aromatic nitrogens is 2. The zero-order chi connectivity index (χ0) is 11.8. The van der Waals surface area contributed by atoms with Crippen molar-refractivity contribution in [3.05, 3.63) is 11.9 Å². The quantitative estimate of drug-likeness (QED) is 0.853. The molecule has 0 amide bonds. The molecule has 4 nitrogen and oxygen atoms in total. The molecule has 2 atom stereocenters. The summed E-state index contributed by atoms with van der Waals surface area (Å²) in [5.74, 6) is 1.27. The average Bonchev–Trinajstić information content (AvgIpc) is 2.82. The van der Waals surface area contributed by atoms with E-state index in [0.717, 1.165) is 31.5 Å². The van der Waals surface area contributed by atoms with Crippen molar-refractivity contribution in [3.63, 3.8) is 0 Å². The Morgan fingerprint density at radius 1 is 1.69 bits per heavy atom. The second-order valence-corrected chi connectivity index (χ2v) is 4.76. The van der Waals surface area contributed by atoms with Crippen LogP contribution < -0.4 is 4.74 Å². The van der Waals surface area contributed by atoms with E-state index < -0.39 is 5.60 Å². The van der Waals surface area contributed by atoms with Crippen LogP contribution in [-0.4, -0.2) is 22.0 Å². The van der Waals surface area contributed by atoms with Gasteiger partial charge in [-0.05, 0) is 32.1 Å². The van der Waals surface area contributed by atoms with Crippen LogP contribution in [0, 0.1) is 5.92 Å². The van der Waals surface area contributed by atoms with Gasteiger partial charge in [-0.1, -0.05) is 6.92 Å². The second kappa shape index (κ2) is 4.09. The number of aliphatic hydroxyl groups is 1. The van der Waals surface area contributed by atoms with Crippen molar-refractivity contribution in [2.75, 3.05) is 7.11 Å². The van der Waals surface area contributed by atoms with E-state index in [1.54, 1.807) is 13.3 Å². The molecular formula is C12H20N2O2. The Hall–Kier alpha value is -1.03. The summed E-state index contributed by atoms with van der Waals surface area (Å²) in [5.41, 5.74) is 0.0962. The molecule has 0 aliphatic heterocycles. The summed E-state index contributed by atoms with van der Waals surface area (Å²) in [4.78, 5) is 0. The van der Waals surface area contributed by atoms with E-state index in [1.807, 2.05) is 11.6 Å². The van der Waals surface area contributed by atoms with Crippen molar-refractivity contribution in [1.82, 2.24) is 9.78 Å². The van der Waals surface area contributed by atoms with Crippen LogP contribution in [0.3, 0.4) is 0 Å². The molecule has 1 aliphatic carbocycles. The number of hydrogen-bond donors (Lipinski definition) is 1. The highest BCUT2D eigenvalue weighted by molar-refractivity contribution is 5.31. The SMILES string of the molecule is CCn1ncc(OC)c1C1(O)CCC(C)C1. The molecule has 16 heavy (non-hydrogen) atoms. The largest absolute Gasteiger partial charge is 0.493 e. The molecule has 1 saturated carbocycles. The molecular weight excluding hydrogens is 204 g/mol. The Morgan fingerprint density at radius 3 is 2.94 bits per heavy atom. The number of ether oxygens (including phenoxy) is 1. The summed E-state index contributed by atoms with van der Waals surface area (Å²) in [5, 5.41) is 15.0. The minimum atomic E-state index is -0.753. The van der Waals surface area contributed by atoms with E-state index >= 15 is 0 Å². The van der Waals surface area contributed by atoms with Crippen LogP contribution in [-0.2, 0) is 12.1 Å². The van der Waals surface area contributed by atoms with E-state index in [2.05, 4.69) is 12.0 Å². The first-order chi connectivity index (χ1) is 7.60. The normalized spacial score (nSPS) is 29.6. The smallest absolute Gasteiger partial charge is 0.162 e. The highest BCUT2D eigenvalue weighted by atomic mass is 16.5. The van der Waals surface area contributed by atoms with Gasteiger partial charge in [0.05, 0.1) is 13.3 Å². The molecule has 1 aliphatic rings. The van der Waals surface area contributed by atoms with Gasteiger partial charge in [-0.15, -0.1) is 0 Å². The maximum Gasteiger partial charge on any atom is 0.162 e. The van der Waals surface area contributed by atoms with E-state index in [9.17, 15) is 5.11 Å². The predicted octanol–water partition coefficient (Wildman–Crippen LogP) is 1.92. The topological polar surface area (TPSA) is 47.3 Å². The van der Waals surface area contributed by atoms with Crippen molar-refractivity contribution < 1.29 is 9.84 Å². The molecule has 0 aromatic carbocycles. The molecule has 0 bridgehead atoms. The third-order valence-electron chi connectivity index (χ3n) is 3.50. The van der Waals surface area contributed by atoms with Gasteiger partial charge in [-0.3, -0.25) is 4.68 Å². The van der Waals surface area contributed by atoms with Gasteiger partial charge < -0.3 is 9.84 Å². The fourth-order valence-electron chi connectivity index (χ4n) is 2.71. The van der Waals surface area contributed by atoms with Crippen LogP contribution in [0.4, 0.5) is 0 Å². The average molecular weight is 224 g/mol. The molecule has 1 N–H and O–H groups in total. The lowest BCUT2D eigenvalue weighted by atomic mass is 9.96. The van der Waals surface area contributed by atoms with Crippen molar-refractivity contribution in [1.29, 1.82) is 0 Å². The number of rotatable bonds is 3. The summed E-state index contributed by atoms with van der Waals surface area (Å²) < 4.78 is 7.14. The van der Waals surface area contributed by atoms with Crippen molar-refractivity contribution in [2.45, 2.75) is 45.3 Å². The van der Waals surface area contributed by atoms with Crippen molar-refractivity contribution in [3.8, 4) is 5.75 Å². The monoisotopic (exact) mass is 224 g/mol. The van der Waals surface area contributed by atoms with Gasteiger partial charge in [0, 0.05) is 6.54 Å². The van der Waals surface area contributed by atoms with Crippen LogP contribution in [0.2, 0.25) is 0 Å². The van der Waals surface area contributed by atoms with Gasteiger partial charge in [-0.25, -0.2) is 0 Å². The minimum absolute atomic E-state index is 0.565. The lowest BCUT2D eigenvalue weighted by molar-refractivity contribution is 0.0291. The van der Waals surface area contributed by atoms with Crippen molar-refractivity contribution >= 4 is 0 Å². The highest BCUT2D eigenvalue weighted by Crippen LogP contribution is 2.44. The molecule has 0 saturated heterocycles. The van der Waals surface area contributed by atoms with Crippen LogP contribution >= 0.6 is 0 Å². The van der Waals surface area contributed by atoms with Gasteiger partial charge in [-0.2, -0.15) is 5.10 Å². The molecule has 1 aromatic heterocycles. The summed E-state index contributed by atoms with van der Waals surface area (Å²) in [6.07, 6.45) is 4.36. The van der Waals surface area contributed by atoms with Gasteiger partial charge in [0.25, 0.3) is 0 Å². The Kier molecular flexibility index (Phi) is 2.93. The minimum Gasteiger partial charge on any atom is -0.493 e. The number of methoxy groups -OCH3 is 1. The Bertz CT molecular complexity index is 354. The lowest BCUT2D eigenvalue weighted by Gasteiger charge is -2.24. The van der Waals surface area contributed by atoms with E-state index in [4.69, 9.17) is 4.74 Å². The molecule has 90 valence electrons. The van der Waals surface area contributed by atoms with E-state index in [1.165, 1.54) is 0 Å². The van der Waals surface area contributed by atoms with Gasteiger partial charge in [0.1, 0.15) is 11.3 Å². The Morgan fingerprint density at radius 2 is 2.44 bits per heavy atom. The number of aryl methyl sites for hydroxylation is 1. The zero-order valence-corrected chi connectivity index (χ0v) is 10.2. The molecule has 2 rings (SSSR count). The molecule has 1 heterocycles. The van der Waals surface area contributed by atoms with Crippen LogP contribution in [0.1, 0.15) is 38.8 Å². The highest BCUT2D eigenvalue weighted by Gasteiger charge is 2.41. The third kappa shape index (κ3) is 1.71. The fraction of sp³-hybridized carbons (Fsp3) is 0.750. The predicted molar refractivity (Wildman–Crippen MR) is 61.4 cm³/mol. The maximum atomic E-state index is 10.7. The third-order valence-corrected chi connectivity index (χ3v) is 3.50. The molecule has 2 unspecified atom stereocenters. The fourth-order valence-corrected chi connectivity index (χ4v) is 2.71. The summed E-state index contributed by atoms with van der Waals surface area (Å²) in [6, 6.07) is 0. The first kappa shape index (κ1) is 11.5. The van der Waals surface area contributed by atoms with Crippen LogP contribution in [0.5, 0.6) is 5.75 Å². The standard InChI is InChI=1S/C12H20N2O2/c1-4-14-11(10(16-3)8-13-14)12(15)6-5-9(2)7-12/h8-9,15H,4-7H2,1-3H3. The molecule has 0 radical (unpaired) electrons. The first-order valence-corrected chi connectivity index (χ1v) is 5.93. The molecule has 0 spiro atoms. The number of nitrogens with zero attached hydrogens (tertiary/aromatic N) is 2. The second-order valence-electron chi connectivity index (χ2n) is 4.76. The Balaban J connectivity index is 2.41. The van der Waals surface area contributed by atoms with Gasteiger partial charge >= 0.3 is 0 Å². The zero-order valence-electron chi connectivity index (χ0n) is 10.2. The summed E-state index contributed by atoms with van der Waals surface area (Å²) in [7, 11) is 1.63. The molecule has 4 heteroatoms. The number of hydrogen-bond acceptors (Lipinski definition) is 3. The van der Waals surface area contributed by atoms with Gasteiger partial charge in [0.15, 0.2) is 5.75 Å². The van der Waals surface area contributed by atoms with Crippen LogP contribution in [0.15, 0.2) is 6.20 Å². The van der Waals surface area contributed by atoms with Crippen molar-refractivity contribution in [2.24, 2.45) is 5.92 Å². The molecule has 1 aromatic rings. The van der Waals surface area contributed by atoms with E-state index in [0.29, 0.717) is 11.7 Å². The first-order valence-electron chi connectivity index (χ1n) is 5.93. The maximum absolute atomic E-state index is 10.7. The van der Waals surface area contributed by atoms with Gasteiger partial charge in [0.2, 0.25) is 0 Å². The van der Waals surface area contributed by atoms with Crippen LogP contribution in [0.25, 0.3) is 0 Å². The summed E-state index contributed by atoms with van der Waals surface area (Å²) >= 11 is 0.